The third kappa shape index (κ3) is 2.97. The summed E-state index contributed by atoms with van der Waals surface area (Å²) in [6.45, 7) is 4.14. The van der Waals surface area contributed by atoms with Crippen molar-refractivity contribution in [3.8, 4) is 0 Å². The fourth-order valence-corrected chi connectivity index (χ4v) is 1.95. The average molecular weight is 261 g/mol. The lowest BCUT2D eigenvalue weighted by Gasteiger charge is -2.12. The first-order chi connectivity index (χ1) is 8.97. The maximum Gasteiger partial charge on any atom is 0.269 e. The van der Waals surface area contributed by atoms with E-state index in [-0.39, 0.29) is 5.69 Å². The van der Waals surface area contributed by atoms with Crippen LogP contribution in [0.15, 0.2) is 30.3 Å². The van der Waals surface area contributed by atoms with E-state index < -0.39 is 11.0 Å². The van der Waals surface area contributed by atoms with Gasteiger partial charge >= 0.3 is 0 Å². The molecule has 1 aromatic carbocycles. The molecule has 1 N–H and O–H groups in total. The van der Waals surface area contributed by atoms with Gasteiger partial charge in [-0.1, -0.05) is 0 Å². The lowest BCUT2D eigenvalue weighted by molar-refractivity contribution is -0.384. The minimum absolute atomic E-state index is 0.0158. The predicted octanol–water partition coefficient (Wildman–Crippen LogP) is 2.14. The first-order valence-electron chi connectivity index (χ1n) is 5.91. The van der Waals surface area contributed by atoms with Crippen molar-refractivity contribution in [3.05, 3.63) is 57.4 Å². The molecule has 100 valence electrons. The highest BCUT2D eigenvalue weighted by atomic mass is 16.6. The average Bonchev–Trinajstić information content (AvgIpc) is 2.68. The van der Waals surface area contributed by atoms with E-state index in [4.69, 9.17) is 0 Å². The summed E-state index contributed by atoms with van der Waals surface area (Å²) in [7, 11) is 0. The molecule has 0 radical (unpaired) electrons. The van der Waals surface area contributed by atoms with E-state index in [1.807, 2.05) is 19.9 Å². The Morgan fingerprint density at radius 1 is 1.37 bits per heavy atom. The number of aryl methyl sites for hydroxylation is 2. The number of aliphatic hydroxyl groups is 1. The molecule has 1 unspecified atom stereocenters. The molecule has 0 fully saturated rings. The fraction of sp³-hybridized carbons (Fsp3) is 0.308. The molecule has 6 heteroatoms. The van der Waals surface area contributed by atoms with Gasteiger partial charge in [0.2, 0.25) is 0 Å². The number of non-ortho nitro benzene ring substituents is 1. The molecule has 2 rings (SSSR count). The first kappa shape index (κ1) is 13.2. The van der Waals surface area contributed by atoms with E-state index in [9.17, 15) is 15.2 Å². The molecule has 0 aliphatic carbocycles. The molecule has 1 atom stereocenters. The van der Waals surface area contributed by atoms with Crippen molar-refractivity contribution < 1.29 is 10.0 Å². The predicted molar refractivity (Wildman–Crippen MR) is 69.8 cm³/mol. The van der Waals surface area contributed by atoms with Crippen molar-refractivity contribution >= 4 is 5.69 Å². The number of benzene rings is 1. The molecule has 0 amide bonds. The normalized spacial score (nSPS) is 12.4. The van der Waals surface area contributed by atoms with Crippen LogP contribution in [-0.4, -0.2) is 19.8 Å². The third-order valence-corrected chi connectivity index (χ3v) is 2.94. The molecular formula is C13H15N3O3. The van der Waals surface area contributed by atoms with Crippen molar-refractivity contribution in [2.45, 2.75) is 26.5 Å². The number of rotatable bonds is 4. The zero-order valence-electron chi connectivity index (χ0n) is 10.8. The SMILES string of the molecule is Cc1cc(C)n(CC(O)c2ccc([N+](=O)[O-])cc2)n1. The molecule has 19 heavy (non-hydrogen) atoms. The number of hydrogen-bond acceptors (Lipinski definition) is 4. The van der Waals surface area contributed by atoms with E-state index in [0.717, 1.165) is 11.4 Å². The Morgan fingerprint density at radius 3 is 2.47 bits per heavy atom. The molecular weight excluding hydrogens is 246 g/mol. The van der Waals surface area contributed by atoms with E-state index in [1.54, 1.807) is 16.8 Å². The Morgan fingerprint density at radius 2 is 2.00 bits per heavy atom. The molecule has 0 aliphatic rings. The van der Waals surface area contributed by atoms with Crippen LogP contribution in [0, 0.1) is 24.0 Å². The number of aromatic nitrogens is 2. The van der Waals surface area contributed by atoms with E-state index >= 15 is 0 Å². The fourth-order valence-electron chi connectivity index (χ4n) is 1.95. The highest BCUT2D eigenvalue weighted by Crippen LogP contribution is 2.19. The zero-order valence-corrected chi connectivity index (χ0v) is 10.8. The number of aliphatic hydroxyl groups excluding tert-OH is 1. The monoisotopic (exact) mass is 261 g/mol. The van der Waals surface area contributed by atoms with Crippen molar-refractivity contribution in [2.24, 2.45) is 0 Å². The van der Waals surface area contributed by atoms with Crippen LogP contribution in [0.2, 0.25) is 0 Å². The lowest BCUT2D eigenvalue weighted by atomic mass is 10.1. The smallest absolute Gasteiger partial charge is 0.269 e. The summed E-state index contributed by atoms with van der Waals surface area (Å²) in [5.41, 5.74) is 2.52. The van der Waals surface area contributed by atoms with Gasteiger partial charge in [0.05, 0.1) is 23.3 Å². The second-order valence-electron chi connectivity index (χ2n) is 4.47. The van der Waals surface area contributed by atoms with Gasteiger partial charge in [-0.15, -0.1) is 0 Å². The van der Waals surface area contributed by atoms with Gasteiger partial charge in [0.25, 0.3) is 5.69 Å². The van der Waals surface area contributed by atoms with Crippen molar-refractivity contribution in [1.82, 2.24) is 9.78 Å². The topological polar surface area (TPSA) is 81.2 Å². The third-order valence-electron chi connectivity index (χ3n) is 2.94. The first-order valence-corrected chi connectivity index (χ1v) is 5.91. The second kappa shape index (κ2) is 5.19. The molecule has 0 bridgehead atoms. The highest BCUT2D eigenvalue weighted by molar-refractivity contribution is 5.33. The Kier molecular flexibility index (Phi) is 3.62. The molecule has 1 aromatic heterocycles. The molecule has 0 aliphatic heterocycles. The van der Waals surface area contributed by atoms with Crippen LogP contribution < -0.4 is 0 Å². The largest absolute Gasteiger partial charge is 0.386 e. The Hall–Kier alpha value is -2.21. The summed E-state index contributed by atoms with van der Waals surface area (Å²) in [6, 6.07) is 7.84. The van der Waals surface area contributed by atoms with Crippen molar-refractivity contribution in [2.75, 3.05) is 0 Å². The van der Waals surface area contributed by atoms with Gasteiger partial charge in [0.1, 0.15) is 0 Å². The highest BCUT2D eigenvalue weighted by Gasteiger charge is 2.12. The number of hydrogen-bond donors (Lipinski definition) is 1. The Labute approximate surface area is 110 Å². The van der Waals surface area contributed by atoms with Crippen LogP contribution in [-0.2, 0) is 6.54 Å². The van der Waals surface area contributed by atoms with Gasteiger partial charge in [-0.2, -0.15) is 5.10 Å². The Balaban J connectivity index is 2.13. The van der Waals surface area contributed by atoms with Crippen molar-refractivity contribution in [3.63, 3.8) is 0 Å². The van der Waals surface area contributed by atoms with Gasteiger partial charge in [0, 0.05) is 17.8 Å². The van der Waals surface area contributed by atoms with Crippen LogP contribution >= 0.6 is 0 Å². The molecule has 0 saturated carbocycles. The van der Waals surface area contributed by atoms with E-state index in [2.05, 4.69) is 5.10 Å². The molecule has 0 spiro atoms. The minimum atomic E-state index is -0.737. The number of nitrogens with zero attached hydrogens (tertiary/aromatic N) is 3. The van der Waals surface area contributed by atoms with Gasteiger partial charge < -0.3 is 5.11 Å². The quantitative estimate of drug-likeness (QED) is 0.675. The molecule has 2 aromatic rings. The van der Waals surface area contributed by atoms with Crippen LogP contribution in [0.1, 0.15) is 23.1 Å². The lowest BCUT2D eigenvalue weighted by Crippen LogP contribution is -2.11. The van der Waals surface area contributed by atoms with Gasteiger partial charge in [-0.05, 0) is 37.6 Å². The Bertz CT molecular complexity index is 590. The van der Waals surface area contributed by atoms with E-state index in [0.29, 0.717) is 12.1 Å². The van der Waals surface area contributed by atoms with Crippen LogP contribution in [0.25, 0.3) is 0 Å². The standard InChI is InChI=1S/C13H15N3O3/c1-9-7-10(2)15(14-9)8-13(17)11-3-5-12(6-4-11)16(18)19/h3-7,13,17H,8H2,1-2H3. The summed E-state index contributed by atoms with van der Waals surface area (Å²) >= 11 is 0. The minimum Gasteiger partial charge on any atom is -0.386 e. The number of nitro groups is 1. The summed E-state index contributed by atoms with van der Waals surface area (Å²) < 4.78 is 1.72. The van der Waals surface area contributed by atoms with Crippen molar-refractivity contribution in [1.29, 1.82) is 0 Å². The summed E-state index contributed by atoms with van der Waals surface area (Å²) in [6.07, 6.45) is -0.737. The van der Waals surface area contributed by atoms with Crippen LogP contribution in [0.5, 0.6) is 0 Å². The molecule has 0 saturated heterocycles. The maximum atomic E-state index is 10.5. The molecule has 1 heterocycles. The second-order valence-corrected chi connectivity index (χ2v) is 4.47. The molecule has 6 nitrogen and oxygen atoms in total. The van der Waals surface area contributed by atoms with Crippen LogP contribution in [0.3, 0.4) is 0 Å². The van der Waals surface area contributed by atoms with Gasteiger partial charge in [0.15, 0.2) is 0 Å². The van der Waals surface area contributed by atoms with Gasteiger partial charge in [-0.25, -0.2) is 0 Å². The van der Waals surface area contributed by atoms with Gasteiger partial charge in [-0.3, -0.25) is 14.8 Å². The van der Waals surface area contributed by atoms with E-state index in [1.165, 1.54) is 12.1 Å². The summed E-state index contributed by atoms with van der Waals surface area (Å²) in [5, 5.41) is 24.9. The summed E-state index contributed by atoms with van der Waals surface area (Å²) in [4.78, 5) is 10.1. The summed E-state index contributed by atoms with van der Waals surface area (Å²) in [5.74, 6) is 0. The maximum absolute atomic E-state index is 10.5. The zero-order chi connectivity index (χ0) is 14.0. The van der Waals surface area contributed by atoms with Crippen LogP contribution in [0.4, 0.5) is 5.69 Å². The number of nitro benzene ring substituents is 1.